The predicted molar refractivity (Wildman–Crippen MR) is 48.3 cm³/mol. The van der Waals surface area contributed by atoms with Gasteiger partial charge in [-0.3, -0.25) is 0 Å². The Morgan fingerprint density at radius 1 is 1.62 bits per heavy atom. The van der Waals surface area contributed by atoms with Gasteiger partial charge in [0.1, 0.15) is 5.82 Å². The summed E-state index contributed by atoms with van der Waals surface area (Å²) in [6.07, 6.45) is 0.139. The Kier molecular flexibility index (Phi) is 2.99. The minimum atomic E-state index is -0.523. The Balaban J connectivity index is 2.96. The van der Waals surface area contributed by atoms with E-state index in [0.717, 1.165) is 5.56 Å². The lowest BCUT2D eigenvalue weighted by atomic mass is 10.0. The molecule has 0 aliphatic heterocycles. The normalized spacial score (nSPS) is 12.2. The van der Waals surface area contributed by atoms with Gasteiger partial charge in [-0.1, -0.05) is 12.1 Å². The largest absolute Gasteiger partial charge is 0.323 e. The number of hydrogen-bond acceptors (Lipinski definition) is 2. The minimum Gasteiger partial charge on any atom is -0.323 e. The molecule has 13 heavy (non-hydrogen) atoms. The van der Waals surface area contributed by atoms with Gasteiger partial charge in [-0.05, 0) is 18.6 Å². The first-order valence-corrected chi connectivity index (χ1v) is 4.03. The molecule has 0 aliphatic carbocycles. The van der Waals surface area contributed by atoms with Crippen LogP contribution in [-0.2, 0) is 0 Å². The maximum absolute atomic E-state index is 13.2. The molecule has 1 atom stereocenters. The molecule has 68 valence electrons. The minimum absolute atomic E-state index is 0.139. The van der Waals surface area contributed by atoms with Crippen molar-refractivity contribution >= 4 is 0 Å². The van der Waals surface area contributed by atoms with E-state index in [0.29, 0.717) is 5.56 Å². The Morgan fingerprint density at radius 2 is 2.31 bits per heavy atom. The number of hydrogen-bond donors (Lipinski definition) is 1. The highest BCUT2D eigenvalue weighted by atomic mass is 19.1. The molecule has 2 nitrogen and oxygen atoms in total. The molecule has 0 heterocycles. The van der Waals surface area contributed by atoms with Crippen molar-refractivity contribution < 1.29 is 4.39 Å². The van der Waals surface area contributed by atoms with E-state index in [9.17, 15) is 4.39 Å². The summed E-state index contributed by atoms with van der Waals surface area (Å²) >= 11 is 0. The van der Waals surface area contributed by atoms with Crippen molar-refractivity contribution in [3.8, 4) is 6.07 Å². The van der Waals surface area contributed by atoms with Gasteiger partial charge in [0.25, 0.3) is 0 Å². The molecule has 0 bridgehead atoms. The van der Waals surface area contributed by atoms with Crippen molar-refractivity contribution in [2.45, 2.75) is 19.4 Å². The third-order valence-corrected chi connectivity index (χ3v) is 1.87. The Bertz CT molecular complexity index is 341. The fourth-order valence-electron chi connectivity index (χ4n) is 1.14. The van der Waals surface area contributed by atoms with Crippen LogP contribution in [0.15, 0.2) is 18.2 Å². The Morgan fingerprint density at radius 3 is 2.85 bits per heavy atom. The van der Waals surface area contributed by atoms with E-state index in [2.05, 4.69) is 0 Å². The van der Waals surface area contributed by atoms with E-state index in [1.165, 1.54) is 6.07 Å². The average Bonchev–Trinajstić information content (AvgIpc) is 2.04. The molecule has 0 aromatic heterocycles. The second-order valence-electron chi connectivity index (χ2n) is 2.99. The lowest BCUT2D eigenvalue weighted by molar-refractivity contribution is 0.584. The van der Waals surface area contributed by atoms with Crippen LogP contribution >= 0.6 is 0 Å². The van der Waals surface area contributed by atoms with E-state index < -0.39 is 6.04 Å². The third kappa shape index (κ3) is 2.27. The van der Waals surface area contributed by atoms with Gasteiger partial charge < -0.3 is 5.73 Å². The van der Waals surface area contributed by atoms with Gasteiger partial charge in [-0.25, -0.2) is 4.39 Å². The maximum Gasteiger partial charge on any atom is 0.128 e. The number of nitriles is 1. The van der Waals surface area contributed by atoms with Crippen LogP contribution in [0.4, 0.5) is 4.39 Å². The van der Waals surface area contributed by atoms with E-state index in [4.69, 9.17) is 11.0 Å². The van der Waals surface area contributed by atoms with E-state index in [1.54, 1.807) is 12.1 Å². The second kappa shape index (κ2) is 4.01. The number of nitrogens with two attached hydrogens (primary N) is 1. The standard InChI is InChI=1S/C10H11FN2/c1-7-2-3-8(9(11)6-7)10(13)4-5-12/h2-3,6,10H,4,13H2,1H3. The van der Waals surface area contributed by atoms with Crippen molar-refractivity contribution in [2.24, 2.45) is 5.73 Å². The SMILES string of the molecule is Cc1ccc(C(N)CC#N)c(F)c1. The van der Waals surface area contributed by atoms with Gasteiger partial charge in [0.15, 0.2) is 0 Å². The summed E-state index contributed by atoms with van der Waals surface area (Å²) in [5.41, 5.74) is 6.86. The van der Waals surface area contributed by atoms with E-state index >= 15 is 0 Å². The van der Waals surface area contributed by atoms with Crippen LogP contribution in [0.3, 0.4) is 0 Å². The van der Waals surface area contributed by atoms with Gasteiger partial charge in [-0.15, -0.1) is 0 Å². The number of aryl methyl sites for hydroxylation is 1. The van der Waals surface area contributed by atoms with Crippen LogP contribution in [0.1, 0.15) is 23.6 Å². The zero-order valence-corrected chi connectivity index (χ0v) is 7.42. The molecule has 3 heteroatoms. The van der Waals surface area contributed by atoms with Crippen molar-refractivity contribution in [3.63, 3.8) is 0 Å². The molecule has 0 saturated heterocycles. The van der Waals surface area contributed by atoms with Crippen LogP contribution < -0.4 is 5.73 Å². The summed E-state index contributed by atoms with van der Waals surface area (Å²) < 4.78 is 13.2. The fraction of sp³-hybridized carbons (Fsp3) is 0.300. The summed E-state index contributed by atoms with van der Waals surface area (Å²) in [6, 6.07) is 6.24. The highest BCUT2D eigenvalue weighted by Crippen LogP contribution is 2.18. The van der Waals surface area contributed by atoms with Crippen LogP contribution in [-0.4, -0.2) is 0 Å². The lowest BCUT2D eigenvalue weighted by Crippen LogP contribution is -2.11. The zero-order valence-electron chi connectivity index (χ0n) is 7.42. The Labute approximate surface area is 76.8 Å². The van der Waals surface area contributed by atoms with Crippen LogP contribution in [0, 0.1) is 24.1 Å². The van der Waals surface area contributed by atoms with Gasteiger partial charge in [-0.2, -0.15) is 5.26 Å². The van der Waals surface area contributed by atoms with Gasteiger partial charge >= 0.3 is 0 Å². The number of halogens is 1. The summed E-state index contributed by atoms with van der Waals surface area (Å²) in [6.45, 7) is 1.81. The molecular weight excluding hydrogens is 167 g/mol. The van der Waals surface area contributed by atoms with Gasteiger partial charge in [0.05, 0.1) is 12.5 Å². The van der Waals surface area contributed by atoms with Gasteiger partial charge in [0, 0.05) is 11.6 Å². The number of nitrogens with zero attached hydrogens (tertiary/aromatic N) is 1. The molecule has 0 radical (unpaired) electrons. The molecule has 0 aliphatic rings. The first-order chi connectivity index (χ1) is 6.15. The summed E-state index contributed by atoms with van der Waals surface area (Å²) in [5, 5.41) is 8.39. The maximum atomic E-state index is 13.2. The summed E-state index contributed by atoms with van der Waals surface area (Å²) in [7, 11) is 0. The molecule has 2 N–H and O–H groups in total. The van der Waals surface area contributed by atoms with Crippen molar-refractivity contribution in [1.29, 1.82) is 5.26 Å². The highest BCUT2D eigenvalue weighted by molar-refractivity contribution is 5.26. The molecule has 1 rings (SSSR count). The average molecular weight is 178 g/mol. The van der Waals surface area contributed by atoms with Crippen molar-refractivity contribution in [3.05, 3.63) is 35.1 Å². The molecule has 0 fully saturated rings. The molecule has 1 aromatic carbocycles. The summed E-state index contributed by atoms with van der Waals surface area (Å²) in [4.78, 5) is 0. The quantitative estimate of drug-likeness (QED) is 0.753. The molecule has 1 unspecified atom stereocenters. The third-order valence-electron chi connectivity index (χ3n) is 1.87. The first kappa shape index (κ1) is 9.69. The zero-order chi connectivity index (χ0) is 9.84. The number of benzene rings is 1. The summed E-state index contributed by atoms with van der Waals surface area (Å²) in [5.74, 6) is -0.331. The highest BCUT2D eigenvalue weighted by Gasteiger charge is 2.10. The van der Waals surface area contributed by atoms with Crippen LogP contribution in [0.2, 0.25) is 0 Å². The monoisotopic (exact) mass is 178 g/mol. The van der Waals surface area contributed by atoms with Crippen LogP contribution in [0.25, 0.3) is 0 Å². The number of rotatable bonds is 2. The molecule has 0 amide bonds. The van der Waals surface area contributed by atoms with Crippen molar-refractivity contribution in [2.75, 3.05) is 0 Å². The molecule has 1 aromatic rings. The van der Waals surface area contributed by atoms with Crippen LogP contribution in [0.5, 0.6) is 0 Å². The first-order valence-electron chi connectivity index (χ1n) is 4.03. The smallest absolute Gasteiger partial charge is 0.128 e. The Hall–Kier alpha value is -1.40. The predicted octanol–water partition coefficient (Wildman–Crippen LogP) is 2.05. The topological polar surface area (TPSA) is 49.8 Å². The van der Waals surface area contributed by atoms with E-state index in [1.807, 2.05) is 13.0 Å². The molecule has 0 saturated carbocycles. The fourth-order valence-corrected chi connectivity index (χ4v) is 1.14. The second-order valence-corrected chi connectivity index (χ2v) is 2.99. The molecule has 0 spiro atoms. The lowest BCUT2D eigenvalue weighted by Gasteiger charge is -2.09. The van der Waals surface area contributed by atoms with Crippen molar-refractivity contribution in [1.82, 2.24) is 0 Å². The van der Waals surface area contributed by atoms with Gasteiger partial charge in [0.2, 0.25) is 0 Å². The molecular formula is C10H11FN2. The van der Waals surface area contributed by atoms with E-state index in [-0.39, 0.29) is 12.2 Å².